The number of carbonyl (C=O) groups excluding carboxylic acids is 6. The average Bonchev–Trinajstić information content (AvgIpc) is 1.08. The van der Waals surface area contributed by atoms with Crippen LogP contribution in [0.1, 0.15) is 381 Å². The van der Waals surface area contributed by atoms with Gasteiger partial charge in [0.2, 0.25) is 17.7 Å². The minimum Gasteiger partial charge on any atom is -0.606 e. The van der Waals surface area contributed by atoms with E-state index in [0.717, 1.165) is 154 Å². The van der Waals surface area contributed by atoms with Crippen LogP contribution in [0, 0.1) is 5.92 Å². The molecule has 1 aromatic carbocycles. The summed E-state index contributed by atoms with van der Waals surface area (Å²) in [6, 6.07) is 4.84. The summed E-state index contributed by atoms with van der Waals surface area (Å²) in [6.45, 7) is 11.1. The fourth-order valence-corrected chi connectivity index (χ4v) is 15.7. The smallest absolute Gasteiger partial charge is 0.472 e. The first-order valence-corrected chi connectivity index (χ1v) is 51.5. The molecule has 0 spiro atoms. The lowest BCUT2D eigenvalue weighted by atomic mass is 9.97. The van der Waals surface area contributed by atoms with E-state index in [-0.39, 0.29) is 88.8 Å². The largest absolute Gasteiger partial charge is 0.606 e. The number of rotatable bonds is 92. The number of Topliss-reactive ketones (excluding diaryl/α,β-unsaturated/α-hetero) is 2. The summed E-state index contributed by atoms with van der Waals surface area (Å²) in [6.07, 6.45) is 53.0. The van der Waals surface area contributed by atoms with Crippen LogP contribution >= 0.6 is 16.0 Å². The molecule has 0 aliphatic rings. The number of aliphatic hydroxyl groups excluding tert-OH is 2. The molecule has 26 nitrogen and oxygen atoms in total. The molecule has 9 N–H and O–H groups in total. The van der Waals surface area contributed by atoms with Crippen molar-refractivity contribution in [3.05, 3.63) is 54.1 Å². The van der Waals surface area contributed by atoms with Crippen LogP contribution in [0.15, 0.2) is 48.6 Å². The topological polar surface area (TPSA) is 367 Å². The number of ether oxygens (including phenoxy) is 5. The van der Waals surface area contributed by atoms with Gasteiger partial charge in [0.15, 0.2) is 6.29 Å². The van der Waals surface area contributed by atoms with Gasteiger partial charge in [-0.15, -0.1) is 0 Å². The zero-order chi connectivity index (χ0) is 90.2. The third-order valence-corrected chi connectivity index (χ3v) is 23.5. The normalized spacial score (nSPS) is 14.5. The number of aliphatic hydroxyl groups is 2. The third kappa shape index (κ3) is 73.3. The summed E-state index contributed by atoms with van der Waals surface area (Å²) >= 11 is 0. The molecule has 3 amide bonds. The number of carbonyl (C=O) groups is 6. The SMILES string of the molecule is CCCCCC/C=C\CCCC(=O)OC(CCCCCCC)CCOCC(CO[P+]([O-])(O)OCCNC(=O)C(Cc1ccc(OCCNC)cc1)C(=O)NCCOP(=O)(O)OCC(COCCC(CCCCCCC)OC(O)CCC/C=C\CCCCCC)NC(O)CC(=O)CCCCCCCCCCC)NC(=O)CC(=O)CCCCCCCCCCC. The predicted molar refractivity (Wildman–Crippen MR) is 492 cm³/mol. The van der Waals surface area contributed by atoms with E-state index in [4.69, 9.17) is 41.8 Å². The molecule has 0 aliphatic carbocycles. The Morgan fingerprint density at radius 2 is 0.935 bits per heavy atom. The highest BCUT2D eigenvalue weighted by Gasteiger charge is 2.33. The van der Waals surface area contributed by atoms with Crippen LogP contribution in [0.2, 0.25) is 0 Å². The number of likely N-dealkylation sites (N-methyl/N-ethyl adjacent to an activating group) is 1. The Balaban J connectivity index is 3.27. The predicted octanol–water partition coefficient (Wildman–Crippen LogP) is 18.9. The molecule has 716 valence electrons. The van der Waals surface area contributed by atoms with Crippen molar-refractivity contribution in [2.45, 2.75) is 419 Å². The van der Waals surface area contributed by atoms with Crippen LogP contribution < -0.4 is 36.2 Å². The van der Waals surface area contributed by atoms with Crippen molar-refractivity contribution in [1.82, 2.24) is 26.6 Å². The summed E-state index contributed by atoms with van der Waals surface area (Å²) in [5.41, 5.74) is 0.565. The highest BCUT2D eigenvalue weighted by Crippen LogP contribution is 2.47. The molecule has 9 unspecified atom stereocenters. The molecule has 0 heterocycles. The number of benzene rings is 1. The first kappa shape index (κ1) is 117. The minimum atomic E-state index is -4.92. The second-order valence-corrected chi connectivity index (χ2v) is 36.2. The minimum absolute atomic E-state index is 0.117. The van der Waals surface area contributed by atoms with Gasteiger partial charge in [0.1, 0.15) is 55.4 Å². The van der Waals surface area contributed by atoms with Crippen molar-refractivity contribution in [1.29, 1.82) is 0 Å². The van der Waals surface area contributed by atoms with Gasteiger partial charge in [0.25, 0.3) is 0 Å². The van der Waals surface area contributed by atoms with E-state index in [1.54, 1.807) is 31.3 Å². The van der Waals surface area contributed by atoms with Crippen molar-refractivity contribution in [3.8, 4) is 5.75 Å². The van der Waals surface area contributed by atoms with Crippen molar-refractivity contribution in [2.24, 2.45) is 5.92 Å². The van der Waals surface area contributed by atoms with E-state index in [2.05, 4.69) is 92.4 Å². The maximum absolute atomic E-state index is 14.1. The summed E-state index contributed by atoms with van der Waals surface area (Å²) in [7, 11) is -8.02. The summed E-state index contributed by atoms with van der Waals surface area (Å²) in [5.74, 6) is -3.75. The maximum Gasteiger partial charge on any atom is 0.472 e. The highest BCUT2D eigenvalue weighted by atomic mass is 31.2. The number of allylic oxidation sites excluding steroid dienone is 4. The number of hydrogen-bond donors (Lipinski definition) is 9. The molecule has 1 rings (SSSR count). The zero-order valence-corrected chi connectivity index (χ0v) is 79.5. The fraction of sp³-hybridized carbons (Fsp3) is 0.832. The molecule has 1 aromatic rings. The number of esters is 1. The molecular formula is C95H175N5O21P2. The second kappa shape index (κ2) is 82.2. The lowest BCUT2D eigenvalue weighted by Crippen LogP contribution is -2.45. The Hall–Kier alpha value is -4.18. The van der Waals surface area contributed by atoms with Gasteiger partial charge in [-0.2, -0.15) is 13.9 Å². The Kier molecular flexibility index (Phi) is 78.1. The van der Waals surface area contributed by atoms with E-state index in [1.165, 1.54) is 103 Å². The van der Waals surface area contributed by atoms with Crippen molar-refractivity contribution < 1.29 is 100 Å². The van der Waals surface area contributed by atoms with Gasteiger partial charge in [0, 0.05) is 58.3 Å². The van der Waals surface area contributed by atoms with Crippen LogP contribution in [0.25, 0.3) is 0 Å². The van der Waals surface area contributed by atoms with E-state index in [1.807, 2.05) is 0 Å². The van der Waals surface area contributed by atoms with Crippen molar-refractivity contribution in [3.63, 3.8) is 0 Å². The highest BCUT2D eigenvalue weighted by molar-refractivity contribution is 7.52. The van der Waals surface area contributed by atoms with E-state index < -0.39 is 103 Å². The average molecular weight is 1790 g/mol. The van der Waals surface area contributed by atoms with Gasteiger partial charge in [-0.1, -0.05) is 277 Å². The molecule has 0 bridgehead atoms. The van der Waals surface area contributed by atoms with Crippen LogP contribution in [0.4, 0.5) is 0 Å². The number of phosphoric ester groups is 2. The molecule has 28 heteroatoms. The van der Waals surface area contributed by atoms with E-state index >= 15 is 0 Å². The summed E-state index contributed by atoms with van der Waals surface area (Å²) in [5, 5.41) is 36.1. The van der Waals surface area contributed by atoms with E-state index in [9.17, 15) is 58.2 Å². The molecule has 9 atom stereocenters. The molecular weight excluding hydrogens is 1610 g/mol. The maximum atomic E-state index is 14.1. The number of phosphoric acid groups is 2. The first-order chi connectivity index (χ1) is 59.6. The van der Waals surface area contributed by atoms with Gasteiger partial charge in [-0.05, 0) is 127 Å². The Bertz CT molecular complexity index is 2810. The van der Waals surface area contributed by atoms with Crippen molar-refractivity contribution in [2.75, 3.05) is 86.1 Å². The number of unbranched alkanes of at least 4 members (excludes halogenated alkanes) is 34. The quantitative estimate of drug-likeness (QED) is 0.00730. The van der Waals surface area contributed by atoms with Gasteiger partial charge >= 0.3 is 22.0 Å². The van der Waals surface area contributed by atoms with Crippen LogP contribution in [-0.2, 0) is 76.8 Å². The van der Waals surface area contributed by atoms with Gasteiger partial charge < -0.3 is 65.0 Å². The molecule has 0 saturated carbocycles. The Morgan fingerprint density at radius 1 is 0.472 bits per heavy atom. The number of hydrogen-bond acceptors (Lipinski definition) is 22. The van der Waals surface area contributed by atoms with Crippen LogP contribution in [0.3, 0.4) is 0 Å². The summed E-state index contributed by atoms with van der Waals surface area (Å²) < 4.78 is 65.3. The Morgan fingerprint density at radius 3 is 1.47 bits per heavy atom. The van der Waals surface area contributed by atoms with Crippen LogP contribution in [0.5, 0.6) is 5.75 Å². The fourth-order valence-electron chi connectivity index (χ4n) is 14.2. The number of amides is 3. The molecule has 0 aliphatic heterocycles. The monoisotopic (exact) mass is 1780 g/mol. The zero-order valence-electron chi connectivity index (χ0n) is 77.7. The summed E-state index contributed by atoms with van der Waals surface area (Å²) in [4.78, 5) is 117. The molecule has 0 aromatic heterocycles. The second-order valence-electron chi connectivity index (χ2n) is 33.3. The third-order valence-electron chi connectivity index (χ3n) is 21.6. The molecule has 0 saturated heterocycles. The molecule has 0 fully saturated rings. The van der Waals surface area contributed by atoms with Gasteiger partial charge in [-0.3, -0.25) is 43.1 Å². The van der Waals surface area contributed by atoms with Crippen LogP contribution in [-0.4, -0.2) is 178 Å². The van der Waals surface area contributed by atoms with Gasteiger partial charge in [0.05, 0.1) is 57.6 Å². The molecule has 0 radical (unpaired) electrons. The number of ketones is 2. The number of nitrogens with one attached hydrogen (secondary N) is 5. The standard InChI is InChI=1S/C95H175N5O21P2/c1-8-14-20-26-30-34-38-44-48-54-84(101)75-90(103)99-82(77-113-69-64-87(56-50-42-24-18-12-5)120-92(105)58-52-46-40-36-32-28-22-16-10-3)79-118-122(109,110)116-72-67-97-94(107)89(74-81-60-62-86(63-61-81)115-71-66-96-7)95(108)98-68-73-117-123(111,112)119-80-83(100-91(104)76-85(102)55-49-45-39-35-31-27-21-15-9-2)78-114-70-65-88(57-51-43-25-19-13-6)121-93(106)59-53-47-41-37-33-29-23-17-11-4/h36-37,40-41,60-63,82-83,87-90,92,96,99,103,105H,8-35,38-39,42-59,64-80H2,1-7H3,(H,97,107)(H,98,108)(H,100,104)(H,109,110)(H,111,112)/b40-36-,41-37-. The van der Waals surface area contributed by atoms with E-state index in [0.29, 0.717) is 75.8 Å². The van der Waals surface area contributed by atoms with Gasteiger partial charge in [-0.25, -0.2) is 4.57 Å². The first-order valence-electron chi connectivity index (χ1n) is 48.5. The van der Waals surface area contributed by atoms with Crippen molar-refractivity contribution >= 4 is 51.3 Å². The molecule has 123 heavy (non-hydrogen) atoms. The Labute approximate surface area is 744 Å². The lowest BCUT2D eigenvalue weighted by molar-refractivity contribution is -0.243. The lowest BCUT2D eigenvalue weighted by Gasteiger charge is -2.25.